The van der Waals surface area contributed by atoms with Crippen molar-refractivity contribution in [2.24, 2.45) is 5.92 Å². The van der Waals surface area contributed by atoms with E-state index in [1.165, 1.54) is 32.3 Å². The van der Waals surface area contributed by atoms with E-state index in [1.807, 2.05) is 0 Å². The second-order valence-electron chi connectivity index (χ2n) is 6.69. The minimum atomic E-state index is -0.282. The number of halogens is 1. The zero-order chi connectivity index (χ0) is 16.8. The van der Waals surface area contributed by atoms with E-state index in [1.54, 1.807) is 0 Å². The van der Waals surface area contributed by atoms with Gasteiger partial charge in [0.05, 0.1) is 22.4 Å². The van der Waals surface area contributed by atoms with Crippen molar-refractivity contribution in [2.45, 2.75) is 44.4 Å². The number of hydrogen-bond acceptors (Lipinski definition) is 4. The second-order valence-corrected chi connectivity index (χ2v) is 8.13. The lowest BCUT2D eigenvalue weighted by Crippen LogP contribution is -2.28. The maximum atomic E-state index is 11.6. The Morgan fingerprint density at radius 3 is 3.08 bits per heavy atom. The smallest absolute Gasteiger partial charge is 0.407 e. The van der Waals surface area contributed by atoms with Crippen LogP contribution in [0.25, 0.3) is 0 Å². The van der Waals surface area contributed by atoms with Crippen molar-refractivity contribution in [1.29, 1.82) is 0 Å². The third-order valence-corrected chi connectivity index (χ3v) is 6.04. The summed E-state index contributed by atoms with van der Waals surface area (Å²) in [6.45, 7) is 2.03. The van der Waals surface area contributed by atoms with Gasteiger partial charge in [0.1, 0.15) is 0 Å². The molecule has 1 aromatic carbocycles. The summed E-state index contributed by atoms with van der Waals surface area (Å²) in [5.74, 6) is 1.02. The quantitative estimate of drug-likeness (QED) is 0.517. The van der Waals surface area contributed by atoms with Crippen molar-refractivity contribution in [2.75, 3.05) is 19.8 Å². The number of aryl methyl sites for hydroxylation is 1. The average Bonchev–Trinajstić information content (AvgIpc) is 2.71. The first-order chi connectivity index (χ1) is 11.8. The van der Waals surface area contributed by atoms with Gasteiger partial charge in [-0.15, -0.1) is 0 Å². The SMILES string of the molecule is O=C1NC[C@H](c2ccc3c(c2)CCC(COSI)C3)CCCCO1. The summed E-state index contributed by atoms with van der Waals surface area (Å²) in [6, 6.07) is 6.92. The molecular weight excluding hydrogens is 437 g/mol. The van der Waals surface area contributed by atoms with Gasteiger partial charge in [0.25, 0.3) is 0 Å². The van der Waals surface area contributed by atoms with Gasteiger partial charge in [-0.25, -0.2) is 4.79 Å². The molecule has 1 N–H and O–H groups in total. The van der Waals surface area contributed by atoms with Crippen LogP contribution in [0.5, 0.6) is 0 Å². The molecule has 2 aliphatic rings. The van der Waals surface area contributed by atoms with Crippen LogP contribution < -0.4 is 5.32 Å². The molecule has 0 saturated carbocycles. The highest BCUT2D eigenvalue weighted by Crippen LogP contribution is 2.31. The fourth-order valence-corrected chi connectivity index (χ4v) is 4.35. The minimum absolute atomic E-state index is 0.282. The molecule has 3 rings (SSSR count). The first-order valence-corrected chi connectivity index (χ1v) is 12.0. The van der Waals surface area contributed by atoms with Crippen molar-refractivity contribution in [1.82, 2.24) is 5.32 Å². The Balaban J connectivity index is 1.67. The van der Waals surface area contributed by atoms with Gasteiger partial charge in [0.2, 0.25) is 0 Å². The summed E-state index contributed by atoms with van der Waals surface area (Å²) in [7, 11) is 1.43. The second kappa shape index (κ2) is 9.29. The summed E-state index contributed by atoms with van der Waals surface area (Å²) in [4.78, 5) is 11.6. The number of ether oxygens (including phenoxy) is 1. The van der Waals surface area contributed by atoms with Crippen LogP contribution in [0.15, 0.2) is 18.2 Å². The number of alkyl carbamates (subject to hydrolysis) is 1. The van der Waals surface area contributed by atoms with Crippen LogP contribution in [0.2, 0.25) is 0 Å². The standard InChI is InChI=1S/C18H24INO3S/c19-24-23-12-13-4-5-15-10-16(7-6-14(15)9-13)17-3-1-2-8-22-18(21)20-11-17/h6-7,10,13,17H,1-5,8-9,11-12H2,(H,20,21)/t13?,17-/m1/s1. The maximum absolute atomic E-state index is 11.6. The molecule has 1 heterocycles. The Hall–Kier alpha value is -0.470. The van der Waals surface area contributed by atoms with Crippen LogP contribution in [-0.2, 0) is 21.8 Å². The molecule has 1 aliphatic carbocycles. The number of hydrogen-bond donors (Lipinski definition) is 1. The van der Waals surface area contributed by atoms with Gasteiger partial charge < -0.3 is 14.2 Å². The zero-order valence-electron chi connectivity index (χ0n) is 13.8. The van der Waals surface area contributed by atoms with Gasteiger partial charge in [-0.1, -0.05) is 18.2 Å². The number of fused-ring (bicyclic) bond motifs is 1. The fraction of sp³-hybridized carbons (Fsp3) is 0.611. The van der Waals surface area contributed by atoms with E-state index in [4.69, 9.17) is 8.92 Å². The van der Waals surface area contributed by atoms with Gasteiger partial charge in [-0.05, 0) is 61.1 Å². The number of cyclic esters (lactones) is 1. The highest BCUT2D eigenvalue weighted by atomic mass is 127. The lowest BCUT2D eigenvalue weighted by Gasteiger charge is -2.26. The number of amides is 1. The number of nitrogens with one attached hydrogen (secondary N) is 1. The Morgan fingerprint density at radius 2 is 2.21 bits per heavy atom. The van der Waals surface area contributed by atoms with E-state index in [-0.39, 0.29) is 6.09 Å². The summed E-state index contributed by atoms with van der Waals surface area (Å²) in [6.07, 6.45) is 6.31. The van der Waals surface area contributed by atoms with Crippen LogP contribution in [0.3, 0.4) is 0 Å². The highest BCUT2D eigenvalue weighted by Gasteiger charge is 2.21. The molecule has 1 aliphatic heterocycles. The van der Waals surface area contributed by atoms with Crippen molar-refractivity contribution >= 4 is 36.5 Å². The van der Waals surface area contributed by atoms with Crippen molar-refractivity contribution in [3.8, 4) is 0 Å². The molecule has 0 bridgehead atoms. The molecule has 6 heteroatoms. The maximum Gasteiger partial charge on any atom is 0.407 e. The van der Waals surface area contributed by atoms with Crippen LogP contribution in [0.1, 0.15) is 48.3 Å². The van der Waals surface area contributed by atoms with E-state index in [0.29, 0.717) is 25.0 Å². The zero-order valence-corrected chi connectivity index (χ0v) is 16.7. The van der Waals surface area contributed by atoms with Crippen LogP contribution >= 0.6 is 30.4 Å². The Kier molecular flexibility index (Phi) is 7.09. The molecular formula is C18H24INO3S. The Bertz CT molecular complexity index is 569. The van der Waals surface area contributed by atoms with E-state index < -0.39 is 0 Å². The molecule has 0 aromatic heterocycles. The first kappa shape index (κ1) is 18.3. The molecule has 2 atom stereocenters. The number of benzene rings is 1. The first-order valence-electron chi connectivity index (χ1n) is 8.69. The van der Waals surface area contributed by atoms with Crippen molar-refractivity contribution in [3.63, 3.8) is 0 Å². The number of rotatable bonds is 4. The lowest BCUT2D eigenvalue weighted by molar-refractivity contribution is 0.146. The van der Waals surface area contributed by atoms with Gasteiger partial charge in [0, 0.05) is 33.7 Å². The lowest BCUT2D eigenvalue weighted by atomic mass is 9.81. The van der Waals surface area contributed by atoms with Gasteiger partial charge in [-0.2, -0.15) is 0 Å². The molecule has 24 heavy (non-hydrogen) atoms. The summed E-state index contributed by atoms with van der Waals surface area (Å²) >= 11 is 2.18. The summed E-state index contributed by atoms with van der Waals surface area (Å²) in [5, 5.41) is 2.90. The molecule has 1 saturated heterocycles. The molecule has 1 aromatic rings. The van der Waals surface area contributed by atoms with Crippen molar-refractivity contribution in [3.05, 3.63) is 34.9 Å². The van der Waals surface area contributed by atoms with Crippen LogP contribution in [-0.4, -0.2) is 25.9 Å². The molecule has 1 unspecified atom stereocenters. The molecule has 1 amide bonds. The van der Waals surface area contributed by atoms with E-state index in [2.05, 4.69) is 44.7 Å². The van der Waals surface area contributed by atoms with Crippen molar-refractivity contribution < 1.29 is 13.7 Å². The molecule has 0 radical (unpaired) electrons. The van der Waals surface area contributed by atoms with E-state index in [9.17, 15) is 4.79 Å². The average molecular weight is 461 g/mol. The third-order valence-electron chi connectivity index (χ3n) is 5.05. The van der Waals surface area contributed by atoms with Gasteiger partial charge >= 0.3 is 6.09 Å². The van der Waals surface area contributed by atoms with Crippen LogP contribution in [0.4, 0.5) is 4.79 Å². The van der Waals surface area contributed by atoms with Crippen LogP contribution in [0, 0.1) is 5.92 Å². The largest absolute Gasteiger partial charge is 0.450 e. The number of carbonyl (C=O) groups is 1. The molecule has 4 nitrogen and oxygen atoms in total. The normalized spacial score (nSPS) is 24.8. The monoisotopic (exact) mass is 461 g/mol. The van der Waals surface area contributed by atoms with E-state index >= 15 is 0 Å². The molecule has 0 spiro atoms. The summed E-state index contributed by atoms with van der Waals surface area (Å²) < 4.78 is 10.6. The predicted octanol–water partition coefficient (Wildman–Crippen LogP) is 4.80. The minimum Gasteiger partial charge on any atom is -0.450 e. The predicted molar refractivity (Wildman–Crippen MR) is 105 cm³/mol. The molecule has 132 valence electrons. The molecule has 1 fully saturated rings. The fourth-order valence-electron chi connectivity index (χ4n) is 3.67. The van der Waals surface area contributed by atoms with E-state index in [0.717, 1.165) is 38.7 Å². The topological polar surface area (TPSA) is 47.6 Å². The number of carbonyl (C=O) groups excluding carboxylic acids is 1. The Morgan fingerprint density at radius 1 is 1.29 bits per heavy atom. The highest BCUT2D eigenvalue weighted by molar-refractivity contribution is 14.2. The van der Waals surface area contributed by atoms with Gasteiger partial charge in [-0.3, -0.25) is 0 Å². The van der Waals surface area contributed by atoms with Gasteiger partial charge in [0.15, 0.2) is 0 Å². The third kappa shape index (κ3) is 5.02. The Labute approximate surface area is 160 Å². The summed E-state index contributed by atoms with van der Waals surface area (Å²) in [5.41, 5.74) is 4.30.